The third-order valence-corrected chi connectivity index (χ3v) is 3.48. The van der Waals surface area contributed by atoms with Crippen molar-refractivity contribution in [3.05, 3.63) is 33.8 Å². The normalized spacial score (nSPS) is 21.2. The molecule has 0 aromatic heterocycles. The minimum Gasteiger partial charge on any atom is -0.310 e. The highest BCUT2D eigenvalue weighted by Crippen LogP contribution is 2.25. The van der Waals surface area contributed by atoms with E-state index in [0.29, 0.717) is 6.04 Å². The number of benzene rings is 1. The molecule has 0 unspecified atom stereocenters. The molecule has 2 heteroatoms. The van der Waals surface area contributed by atoms with E-state index in [2.05, 4.69) is 46.4 Å². The smallest absolute Gasteiger partial charge is 0.0211 e. The average Bonchev–Trinajstić information content (AvgIpc) is 2.18. The number of hydrogen-bond donors (Lipinski definition) is 1. The lowest BCUT2D eigenvalue weighted by Crippen LogP contribution is -2.34. The standard InChI is InChI=1S/C11H14BrN/c1-2-9-6-10-8(7-13-9)4-3-5-11(10)12/h3-5,9,13H,2,6-7H2,1H3/t9-/m0/s1. The number of halogens is 1. The van der Waals surface area contributed by atoms with Crippen LogP contribution < -0.4 is 5.32 Å². The van der Waals surface area contributed by atoms with Crippen molar-refractivity contribution in [1.82, 2.24) is 5.32 Å². The van der Waals surface area contributed by atoms with Gasteiger partial charge in [0, 0.05) is 17.1 Å². The largest absolute Gasteiger partial charge is 0.310 e. The zero-order valence-electron chi connectivity index (χ0n) is 7.81. The summed E-state index contributed by atoms with van der Waals surface area (Å²) in [6.07, 6.45) is 2.37. The summed E-state index contributed by atoms with van der Waals surface area (Å²) in [4.78, 5) is 0. The zero-order valence-corrected chi connectivity index (χ0v) is 9.39. The van der Waals surface area contributed by atoms with Gasteiger partial charge in [0.2, 0.25) is 0 Å². The van der Waals surface area contributed by atoms with Crippen LogP contribution in [0, 0.1) is 0 Å². The van der Waals surface area contributed by atoms with Crippen LogP contribution in [0.2, 0.25) is 0 Å². The summed E-state index contributed by atoms with van der Waals surface area (Å²) in [5.74, 6) is 0. The number of nitrogens with one attached hydrogen (secondary N) is 1. The molecule has 1 N–H and O–H groups in total. The number of hydrogen-bond acceptors (Lipinski definition) is 1. The Morgan fingerprint density at radius 1 is 1.54 bits per heavy atom. The molecule has 1 aliphatic heterocycles. The molecule has 0 radical (unpaired) electrons. The predicted molar refractivity (Wildman–Crippen MR) is 58.8 cm³/mol. The fourth-order valence-corrected chi connectivity index (χ4v) is 2.43. The van der Waals surface area contributed by atoms with Crippen molar-refractivity contribution in [2.24, 2.45) is 0 Å². The molecule has 1 nitrogen and oxygen atoms in total. The SMILES string of the molecule is CC[C@H]1Cc2c(Br)cccc2CN1. The van der Waals surface area contributed by atoms with E-state index >= 15 is 0 Å². The van der Waals surface area contributed by atoms with Gasteiger partial charge in [-0.15, -0.1) is 0 Å². The predicted octanol–water partition coefficient (Wildman–Crippen LogP) is 2.87. The molecular formula is C11H14BrN. The molecule has 13 heavy (non-hydrogen) atoms. The maximum atomic E-state index is 3.61. The lowest BCUT2D eigenvalue weighted by atomic mass is 9.95. The van der Waals surface area contributed by atoms with Crippen molar-refractivity contribution in [1.29, 1.82) is 0 Å². The summed E-state index contributed by atoms with van der Waals surface area (Å²) in [6.45, 7) is 3.26. The molecule has 0 aliphatic carbocycles. The first kappa shape index (κ1) is 9.22. The molecule has 0 saturated carbocycles. The Labute approximate surface area is 87.7 Å². The summed E-state index contributed by atoms with van der Waals surface area (Å²) < 4.78 is 1.27. The van der Waals surface area contributed by atoms with E-state index in [4.69, 9.17) is 0 Å². The van der Waals surface area contributed by atoms with Gasteiger partial charge in [-0.1, -0.05) is 35.0 Å². The van der Waals surface area contributed by atoms with Gasteiger partial charge in [-0.3, -0.25) is 0 Å². The first-order valence-electron chi connectivity index (χ1n) is 4.81. The average molecular weight is 240 g/mol. The molecule has 1 aromatic rings. The van der Waals surface area contributed by atoms with Crippen molar-refractivity contribution < 1.29 is 0 Å². The lowest BCUT2D eigenvalue weighted by molar-refractivity contribution is 0.467. The fraction of sp³-hybridized carbons (Fsp3) is 0.455. The maximum Gasteiger partial charge on any atom is 0.0211 e. The maximum absolute atomic E-state index is 3.61. The van der Waals surface area contributed by atoms with Crippen molar-refractivity contribution in [3.63, 3.8) is 0 Å². The molecule has 2 rings (SSSR count). The molecule has 0 spiro atoms. The molecule has 1 aromatic carbocycles. The number of fused-ring (bicyclic) bond motifs is 1. The van der Waals surface area contributed by atoms with Crippen molar-refractivity contribution >= 4 is 15.9 Å². The van der Waals surface area contributed by atoms with Gasteiger partial charge < -0.3 is 5.32 Å². The fourth-order valence-electron chi connectivity index (χ4n) is 1.86. The van der Waals surface area contributed by atoms with Crippen LogP contribution in [0.25, 0.3) is 0 Å². The van der Waals surface area contributed by atoms with E-state index in [1.807, 2.05) is 0 Å². The van der Waals surface area contributed by atoms with E-state index in [-0.39, 0.29) is 0 Å². The summed E-state index contributed by atoms with van der Waals surface area (Å²) in [7, 11) is 0. The van der Waals surface area contributed by atoms with Crippen LogP contribution in [0.1, 0.15) is 24.5 Å². The molecule has 1 aliphatic rings. The van der Waals surface area contributed by atoms with Gasteiger partial charge in [-0.2, -0.15) is 0 Å². The van der Waals surface area contributed by atoms with Crippen molar-refractivity contribution in [2.45, 2.75) is 32.4 Å². The number of rotatable bonds is 1. The van der Waals surface area contributed by atoms with E-state index in [1.165, 1.54) is 22.0 Å². The van der Waals surface area contributed by atoms with Crippen LogP contribution in [-0.4, -0.2) is 6.04 Å². The quantitative estimate of drug-likeness (QED) is 0.795. The van der Waals surface area contributed by atoms with Crippen LogP contribution in [0.4, 0.5) is 0 Å². The second kappa shape index (κ2) is 3.81. The van der Waals surface area contributed by atoms with Gasteiger partial charge in [-0.05, 0) is 30.0 Å². The van der Waals surface area contributed by atoms with Gasteiger partial charge in [0.05, 0.1) is 0 Å². The van der Waals surface area contributed by atoms with Crippen molar-refractivity contribution in [3.8, 4) is 0 Å². The molecule has 1 heterocycles. The first-order chi connectivity index (χ1) is 6.31. The van der Waals surface area contributed by atoms with Crippen LogP contribution in [-0.2, 0) is 13.0 Å². The van der Waals surface area contributed by atoms with Crippen LogP contribution >= 0.6 is 15.9 Å². The third kappa shape index (κ3) is 1.79. The van der Waals surface area contributed by atoms with E-state index in [9.17, 15) is 0 Å². The van der Waals surface area contributed by atoms with Crippen molar-refractivity contribution in [2.75, 3.05) is 0 Å². The van der Waals surface area contributed by atoms with Gasteiger partial charge in [0.1, 0.15) is 0 Å². The molecule has 0 bridgehead atoms. The van der Waals surface area contributed by atoms with Crippen LogP contribution in [0.5, 0.6) is 0 Å². The summed E-state index contributed by atoms with van der Waals surface area (Å²) in [5.41, 5.74) is 2.94. The third-order valence-electron chi connectivity index (χ3n) is 2.74. The molecule has 70 valence electrons. The highest BCUT2D eigenvalue weighted by molar-refractivity contribution is 9.10. The van der Waals surface area contributed by atoms with E-state index < -0.39 is 0 Å². The molecule has 0 saturated heterocycles. The Morgan fingerprint density at radius 2 is 2.38 bits per heavy atom. The molecular weight excluding hydrogens is 226 g/mol. The highest BCUT2D eigenvalue weighted by atomic mass is 79.9. The molecule has 0 amide bonds. The Morgan fingerprint density at radius 3 is 3.15 bits per heavy atom. The Kier molecular flexibility index (Phi) is 2.70. The topological polar surface area (TPSA) is 12.0 Å². The summed E-state index contributed by atoms with van der Waals surface area (Å²) in [6, 6.07) is 7.11. The van der Waals surface area contributed by atoms with Gasteiger partial charge in [0.15, 0.2) is 0 Å². The monoisotopic (exact) mass is 239 g/mol. The lowest BCUT2D eigenvalue weighted by Gasteiger charge is -2.25. The van der Waals surface area contributed by atoms with E-state index in [0.717, 1.165) is 13.0 Å². The Balaban J connectivity index is 2.32. The second-order valence-corrected chi connectivity index (χ2v) is 4.42. The summed E-state index contributed by atoms with van der Waals surface area (Å²) in [5, 5.41) is 3.53. The second-order valence-electron chi connectivity index (χ2n) is 3.57. The first-order valence-corrected chi connectivity index (χ1v) is 5.60. The Hall–Kier alpha value is -0.340. The van der Waals surface area contributed by atoms with Gasteiger partial charge >= 0.3 is 0 Å². The minimum absolute atomic E-state index is 0.659. The van der Waals surface area contributed by atoms with Gasteiger partial charge in [-0.25, -0.2) is 0 Å². The molecule has 1 atom stereocenters. The van der Waals surface area contributed by atoms with E-state index in [1.54, 1.807) is 0 Å². The minimum atomic E-state index is 0.659. The van der Waals surface area contributed by atoms with Crippen LogP contribution in [0.15, 0.2) is 22.7 Å². The Bertz CT molecular complexity index is 309. The van der Waals surface area contributed by atoms with Crippen LogP contribution in [0.3, 0.4) is 0 Å². The highest BCUT2D eigenvalue weighted by Gasteiger charge is 2.17. The molecule has 0 fully saturated rings. The summed E-state index contributed by atoms with van der Waals surface area (Å²) >= 11 is 3.61. The van der Waals surface area contributed by atoms with Gasteiger partial charge in [0.25, 0.3) is 0 Å². The zero-order chi connectivity index (χ0) is 9.26.